The highest BCUT2D eigenvalue weighted by Gasteiger charge is 2.18. The molecule has 0 aliphatic rings. The first-order chi connectivity index (χ1) is 9.54. The van der Waals surface area contributed by atoms with Gasteiger partial charge in [0.15, 0.2) is 5.13 Å². The summed E-state index contributed by atoms with van der Waals surface area (Å²) in [5.41, 5.74) is 2.23. The minimum atomic E-state index is -0.235. The third-order valence-electron chi connectivity index (χ3n) is 2.83. The van der Waals surface area contributed by atoms with Gasteiger partial charge >= 0.3 is 0 Å². The molecule has 1 N–H and O–H groups in total. The molecule has 6 nitrogen and oxygen atoms in total. The maximum absolute atomic E-state index is 12.4. The number of fused-ring (bicyclic) bond motifs is 1. The number of carbonyl (C=O) groups excluding carboxylic acids is 1. The maximum Gasteiger partial charge on any atom is 0.258 e. The summed E-state index contributed by atoms with van der Waals surface area (Å²) in [6.45, 7) is 5.53. The average molecular weight is 288 g/mol. The van der Waals surface area contributed by atoms with Gasteiger partial charge < -0.3 is 4.52 Å². The second kappa shape index (κ2) is 4.68. The number of pyridine rings is 1. The highest BCUT2D eigenvalue weighted by molar-refractivity contribution is 7.15. The van der Waals surface area contributed by atoms with Gasteiger partial charge in [-0.05, 0) is 26.8 Å². The Hall–Kier alpha value is -2.28. The first-order valence-electron chi connectivity index (χ1n) is 6.02. The van der Waals surface area contributed by atoms with Crippen molar-refractivity contribution in [2.75, 3.05) is 5.32 Å². The number of aryl methyl sites for hydroxylation is 3. The topological polar surface area (TPSA) is 80.9 Å². The van der Waals surface area contributed by atoms with E-state index in [0.717, 1.165) is 4.88 Å². The van der Waals surface area contributed by atoms with Gasteiger partial charge in [-0.15, -0.1) is 11.3 Å². The fourth-order valence-electron chi connectivity index (χ4n) is 1.97. The summed E-state index contributed by atoms with van der Waals surface area (Å²) < 4.78 is 5.12. The lowest BCUT2D eigenvalue weighted by Gasteiger charge is -2.04. The number of nitrogens with one attached hydrogen (secondary N) is 1. The van der Waals surface area contributed by atoms with Gasteiger partial charge in [0.1, 0.15) is 0 Å². The van der Waals surface area contributed by atoms with E-state index >= 15 is 0 Å². The summed E-state index contributed by atoms with van der Waals surface area (Å²) in [6, 6.07) is 1.72. The number of aromatic nitrogens is 3. The van der Waals surface area contributed by atoms with Crippen molar-refractivity contribution in [3.8, 4) is 0 Å². The molecule has 0 saturated heterocycles. The molecular weight excluding hydrogens is 276 g/mol. The van der Waals surface area contributed by atoms with Gasteiger partial charge in [0.2, 0.25) is 0 Å². The largest absolute Gasteiger partial charge is 0.336 e. The van der Waals surface area contributed by atoms with E-state index in [0.29, 0.717) is 33.2 Å². The summed E-state index contributed by atoms with van der Waals surface area (Å²) in [7, 11) is 0. The van der Waals surface area contributed by atoms with Crippen molar-refractivity contribution in [3.05, 3.63) is 34.1 Å². The highest BCUT2D eigenvalue weighted by atomic mass is 32.1. The standard InChI is InChI=1S/C13H12N4O2S/c1-6-4-9(10-8(3)17-19-12(10)15-6)11(18)16-13-14-5-7(2)20-13/h4-5H,1-3H3,(H,14,16,18). The molecule has 0 bridgehead atoms. The first-order valence-corrected chi connectivity index (χ1v) is 6.83. The van der Waals surface area contributed by atoms with E-state index in [1.807, 2.05) is 13.8 Å². The molecule has 3 heterocycles. The van der Waals surface area contributed by atoms with Crippen LogP contribution in [-0.4, -0.2) is 21.0 Å². The molecule has 0 aliphatic carbocycles. The Kier molecular flexibility index (Phi) is 2.98. The second-order valence-corrected chi connectivity index (χ2v) is 5.72. The summed E-state index contributed by atoms with van der Waals surface area (Å²) >= 11 is 1.43. The monoisotopic (exact) mass is 288 g/mol. The van der Waals surface area contributed by atoms with Gasteiger partial charge in [-0.2, -0.15) is 0 Å². The quantitative estimate of drug-likeness (QED) is 0.784. The third-order valence-corrected chi connectivity index (χ3v) is 3.66. The molecular formula is C13H12N4O2S. The Bertz CT molecular complexity index is 806. The fourth-order valence-corrected chi connectivity index (χ4v) is 2.63. The first kappa shape index (κ1) is 12.7. The fraction of sp³-hybridized carbons (Fsp3) is 0.231. The zero-order valence-electron chi connectivity index (χ0n) is 11.2. The van der Waals surface area contributed by atoms with Crippen molar-refractivity contribution in [1.82, 2.24) is 15.1 Å². The number of hydrogen-bond acceptors (Lipinski definition) is 6. The summed E-state index contributed by atoms with van der Waals surface area (Å²) in [5, 5.41) is 7.86. The van der Waals surface area contributed by atoms with Crippen LogP contribution in [-0.2, 0) is 0 Å². The van der Waals surface area contributed by atoms with Gasteiger partial charge in [0.25, 0.3) is 11.6 Å². The molecule has 0 fully saturated rings. The van der Waals surface area contributed by atoms with E-state index in [2.05, 4.69) is 20.4 Å². The second-order valence-electron chi connectivity index (χ2n) is 4.49. The number of rotatable bonds is 2. The van der Waals surface area contributed by atoms with E-state index in [-0.39, 0.29) is 5.91 Å². The van der Waals surface area contributed by atoms with Crippen LogP contribution in [0.15, 0.2) is 16.8 Å². The van der Waals surface area contributed by atoms with Gasteiger partial charge in [-0.1, -0.05) is 5.16 Å². The van der Waals surface area contributed by atoms with E-state index in [1.165, 1.54) is 11.3 Å². The summed E-state index contributed by atoms with van der Waals surface area (Å²) in [5.74, 6) is -0.235. The van der Waals surface area contributed by atoms with Gasteiger partial charge in [0, 0.05) is 16.8 Å². The zero-order valence-corrected chi connectivity index (χ0v) is 12.0. The molecule has 0 aliphatic heterocycles. The van der Waals surface area contributed by atoms with Crippen molar-refractivity contribution in [1.29, 1.82) is 0 Å². The Labute approximate surface area is 118 Å². The van der Waals surface area contributed by atoms with Crippen molar-refractivity contribution in [2.45, 2.75) is 20.8 Å². The molecule has 3 aromatic heterocycles. The van der Waals surface area contributed by atoms with Gasteiger partial charge in [-0.3, -0.25) is 10.1 Å². The van der Waals surface area contributed by atoms with Crippen LogP contribution in [0, 0.1) is 20.8 Å². The average Bonchev–Trinajstić information content (AvgIpc) is 2.95. The van der Waals surface area contributed by atoms with Crippen LogP contribution in [0.1, 0.15) is 26.6 Å². The van der Waals surface area contributed by atoms with E-state index in [1.54, 1.807) is 19.2 Å². The zero-order chi connectivity index (χ0) is 14.3. The molecule has 0 saturated carbocycles. The molecule has 3 aromatic rings. The lowest BCUT2D eigenvalue weighted by atomic mass is 10.1. The van der Waals surface area contributed by atoms with Crippen LogP contribution >= 0.6 is 11.3 Å². The van der Waals surface area contributed by atoms with Crippen molar-refractivity contribution in [2.24, 2.45) is 0 Å². The predicted molar refractivity (Wildman–Crippen MR) is 76.1 cm³/mol. The number of carbonyl (C=O) groups is 1. The van der Waals surface area contributed by atoms with Crippen LogP contribution in [0.5, 0.6) is 0 Å². The molecule has 0 aromatic carbocycles. The number of hydrogen-bond donors (Lipinski definition) is 1. The van der Waals surface area contributed by atoms with E-state index < -0.39 is 0 Å². The highest BCUT2D eigenvalue weighted by Crippen LogP contribution is 2.24. The predicted octanol–water partition coefficient (Wildman–Crippen LogP) is 2.86. The Morgan fingerprint density at radius 2 is 2.15 bits per heavy atom. The number of nitrogens with zero attached hydrogens (tertiary/aromatic N) is 3. The third kappa shape index (κ3) is 2.16. The lowest BCUT2D eigenvalue weighted by molar-refractivity contribution is 0.102. The normalized spacial score (nSPS) is 10.9. The van der Waals surface area contributed by atoms with Crippen molar-refractivity contribution in [3.63, 3.8) is 0 Å². The minimum Gasteiger partial charge on any atom is -0.336 e. The van der Waals surface area contributed by atoms with Crippen LogP contribution < -0.4 is 5.32 Å². The van der Waals surface area contributed by atoms with Crippen LogP contribution in [0.4, 0.5) is 5.13 Å². The molecule has 0 unspecified atom stereocenters. The summed E-state index contributed by atoms with van der Waals surface area (Å²) in [6.07, 6.45) is 1.72. The molecule has 3 rings (SSSR count). The Balaban J connectivity index is 2.04. The molecule has 0 atom stereocenters. The molecule has 20 heavy (non-hydrogen) atoms. The molecule has 0 spiro atoms. The van der Waals surface area contributed by atoms with E-state index in [9.17, 15) is 4.79 Å². The number of anilines is 1. The van der Waals surface area contributed by atoms with Crippen LogP contribution in [0.3, 0.4) is 0 Å². The molecule has 1 amide bonds. The lowest BCUT2D eigenvalue weighted by Crippen LogP contribution is -2.13. The maximum atomic E-state index is 12.4. The van der Waals surface area contributed by atoms with Gasteiger partial charge in [0.05, 0.1) is 16.6 Å². The smallest absolute Gasteiger partial charge is 0.258 e. The Morgan fingerprint density at radius 3 is 2.85 bits per heavy atom. The Morgan fingerprint density at radius 1 is 1.35 bits per heavy atom. The summed E-state index contributed by atoms with van der Waals surface area (Å²) in [4.78, 5) is 21.8. The van der Waals surface area contributed by atoms with E-state index in [4.69, 9.17) is 4.52 Å². The number of thiazole rings is 1. The minimum absolute atomic E-state index is 0.235. The SMILES string of the molecule is Cc1cc(C(=O)Nc2ncc(C)s2)c2c(C)noc2n1. The van der Waals surface area contributed by atoms with Crippen LogP contribution in [0.25, 0.3) is 11.1 Å². The van der Waals surface area contributed by atoms with Crippen LogP contribution in [0.2, 0.25) is 0 Å². The molecule has 102 valence electrons. The van der Waals surface area contributed by atoms with Gasteiger partial charge in [-0.25, -0.2) is 9.97 Å². The van der Waals surface area contributed by atoms with Crippen molar-refractivity contribution >= 4 is 33.5 Å². The molecule has 0 radical (unpaired) electrons. The number of amides is 1. The molecule has 7 heteroatoms. The van der Waals surface area contributed by atoms with Crippen molar-refractivity contribution < 1.29 is 9.32 Å².